The van der Waals surface area contributed by atoms with Gasteiger partial charge in [-0.3, -0.25) is 4.90 Å². The van der Waals surface area contributed by atoms with E-state index in [1.54, 1.807) is 17.0 Å². The molecule has 1 saturated heterocycles. The normalized spacial score (nSPS) is 17.0. The van der Waals surface area contributed by atoms with Crippen LogP contribution in [0, 0.1) is 5.82 Å². The van der Waals surface area contributed by atoms with E-state index in [0.717, 1.165) is 12.7 Å². The second-order valence-electron chi connectivity index (χ2n) is 8.70. The first-order valence-electron chi connectivity index (χ1n) is 10.4. The summed E-state index contributed by atoms with van der Waals surface area (Å²) in [6, 6.07) is 6.64. The monoisotopic (exact) mass is 443 g/mol. The van der Waals surface area contributed by atoms with Crippen LogP contribution in [-0.2, 0) is 14.8 Å². The van der Waals surface area contributed by atoms with Crippen molar-refractivity contribution in [2.75, 3.05) is 39.0 Å². The second-order valence-corrected chi connectivity index (χ2v) is 10.5. The number of carbonyl (C=O) groups excluding carboxylic acids is 1. The van der Waals surface area contributed by atoms with Crippen molar-refractivity contribution in [3.63, 3.8) is 0 Å². The van der Waals surface area contributed by atoms with Crippen molar-refractivity contribution in [1.29, 1.82) is 0 Å². The molecule has 1 fully saturated rings. The minimum atomic E-state index is -3.20. The standard InChI is InChI=1S/C21H34FN3O4S/c1-21(2,3)29-20(26)25-15-13-24(14-16-25)19(17-9-5-6-10-18(17)22)11-7-8-12-23-30(4,27)28/h5-6,9-10,19,23H,7-8,11-16H2,1-4H3. The molecule has 1 aliphatic heterocycles. The van der Waals surface area contributed by atoms with Crippen LogP contribution in [0.5, 0.6) is 0 Å². The first kappa shape index (κ1) is 24.6. The summed E-state index contributed by atoms with van der Waals surface area (Å²) >= 11 is 0. The summed E-state index contributed by atoms with van der Waals surface area (Å²) in [6.07, 6.45) is 2.96. The summed E-state index contributed by atoms with van der Waals surface area (Å²) in [6.45, 7) is 8.19. The molecule has 1 aromatic carbocycles. The minimum Gasteiger partial charge on any atom is -0.444 e. The Morgan fingerprint density at radius 1 is 1.17 bits per heavy atom. The number of carbonyl (C=O) groups is 1. The van der Waals surface area contributed by atoms with Gasteiger partial charge in [0.1, 0.15) is 11.4 Å². The van der Waals surface area contributed by atoms with Gasteiger partial charge in [-0.2, -0.15) is 0 Å². The van der Waals surface area contributed by atoms with E-state index in [0.29, 0.717) is 51.1 Å². The number of benzene rings is 1. The van der Waals surface area contributed by atoms with Gasteiger partial charge in [0.05, 0.1) is 6.26 Å². The van der Waals surface area contributed by atoms with Crippen LogP contribution in [0.2, 0.25) is 0 Å². The highest BCUT2D eigenvalue weighted by Crippen LogP contribution is 2.29. The quantitative estimate of drug-likeness (QED) is 0.625. The van der Waals surface area contributed by atoms with Gasteiger partial charge in [0, 0.05) is 44.3 Å². The number of rotatable bonds is 8. The van der Waals surface area contributed by atoms with E-state index >= 15 is 0 Å². The number of amides is 1. The number of sulfonamides is 1. The predicted octanol–water partition coefficient (Wildman–Crippen LogP) is 3.14. The van der Waals surface area contributed by atoms with E-state index < -0.39 is 15.6 Å². The lowest BCUT2D eigenvalue weighted by atomic mass is 9.98. The molecule has 0 bridgehead atoms. The maximum absolute atomic E-state index is 14.5. The van der Waals surface area contributed by atoms with Gasteiger partial charge >= 0.3 is 6.09 Å². The first-order chi connectivity index (χ1) is 14.0. The first-order valence-corrected chi connectivity index (χ1v) is 12.3. The third kappa shape index (κ3) is 8.20. The van der Waals surface area contributed by atoms with Gasteiger partial charge in [-0.1, -0.05) is 24.6 Å². The molecule has 1 heterocycles. The Balaban J connectivity index is 1.98. The summed E-state index contributed by atoms with van der Waals surface area (Å²) < 4.78 is 44.9. The summed E-state index contributed by atoms with van der Waals surface area (Å²) in [5.41, 5.74) is 0.100. The fourth-order valence-corrected chi connectivity index (χ4v) is 4.06. The number of ether oxygens (including phenoxy) is 1. The molecule has 9 heteroatoms. The van der Waals surface area contributed by atoms with Crippen LogP contribution in [0.1, 0.15) is 51.6 Å². The van der Waals surface area contributed by atoms with Gasteiger partial charge < -0.3 is 9.64 Å². The third-order valence-electron chi connectivity index (χ3n) is 4.94. The lowest BCUT2D eigenvalue weighted by Crippen LogP contribution is -2.50. The van der Waals surface area contributed by atoms with Gasteiger partial charge in [0.15, 0.2) is 0 Å². The summed E-state index contributed by atoms with van der Waals surface area (Å²) in [7, 11) is -3.20. The van der Waals surface area contributed by atoms with Crippen LogP contribution in [0.3, 0.4) is 0 Å². The fourth-order valence-electron chi connectivity index (χ4n) is 3.54. The summed E-state index contributed by atoms with van der Waals surface area (Å²) in [5, 5.41) is 0. The molecule has 1 aliphatic rings. The molecule has 0 spiro atoms. The number of hydrogen-bond acceptors (Lipinski definition) is 5. The molecule has 1 atom stereocenters. The van der Waals surface area contributed by atoms with E-state index in [-0.39, 0.29) is 18.0 Å². The zero-order chi connectivity index (χ0) is 22.4. The average molecular weight is 444 g/mol. The number of unbranched alkanes of at least 4 members (excludes halogenated alkanes) is 1. The topological polar surface area (TPSA) is 79.0 Å². The Bertz CT molecular complexity index is 803. The highest BCUT2D eigenvalue weighted by Gasteiger charge is 2.30. The van der Waals surface area contributed by atoms with Crippen molar-refractivity contribution in [1.82, 2.24) is 14.5 Å². The van der Waals surface area contributed by atoms with Gasteiger partial charge in [-0.05, 0) is 39.7 Å². The maximum Gasteiger partial charge on any atom is 0.410 e. The van der Waals surface area contributed by atoms with Crippen molar-refractivity contribution < 1.29 is 22.3 Å². The zero-order valence-corrected chi connectivity index (χ0v) is 19.2. The number of halogens is 1. The zero-order valence-electron chi connectivity index (χ0n) is 18.4. The van der Waals surface area contributed by atoms with Gasteiger partial charge in [0.2, 0.25) is 10.0 Å². The molecular formula is C21H34FN3O4S. The molecule has 0 radical (unpaired) electrons. The lowest BCUT2D eigenvalue weighted by Gasteiger charge is -2.40. The number of nitrogens with zero attached hydrogens (tertiary/aromatic N) is 2. The van der Waals surface area contributed by atoms with Crippen LogP contribution < -0.4 is 4.72 Å². The number of piperazine rings is 1. The van der Waals surface area contributed by atoms with Crippen LogP contribution >= 0.6 is 0 Å². The predicted molar refractivity (Wildman–Crippen MR) is 115 cm³/mol. The lowest BCUT2D eigenvalue weighted by molar-refractivity contribution is 0.00940. The highest BCUT2D eigenvalue weighted by molar-refractivity contribution is 7.88. The number of nitrogens with one attached hydrogen (secondary N) is 1. The van der Waals surface area contributed by atoms with Crippen molar-refractivity contribution in [3.8, 4) is 0 Å². The van der Waals surface area contributed by atoms with E-state index in [4.69, 9.17) is 4.74 Å². The molecular weight excluding hydrogens is 409 g/mol. The van der Waals surface area contributed by atoms with E-state index in [2.05, 4.69) is 9.62 Å². The third-order valence-corrected chi connectivity index (χ3v) is 5.67. The van der Waals surface area contributed by atoms with Crippen LogP contribution in [0.25, 0.3) is 0 Å². The summed E-state index contributed by atoms with van der Waals surface area (Å²) in [5.74, 6) is -0.244. The molecule has 1 unspecified atom stereocenters. The number of hydrogen-bond donors (Lipinski definition) is 1. The van der Waals surface area contributed by atoms with Crippen molar-refractivity contribution in [2.45, 2.75) is 51.7 Å². The maximum atomic E-state index is 14.5. The Morgan fingerprint density at radius 3 is 2.37 bits per heavy atom. The van der Waals surface area contributed by atoms with E-state index in [1.165, 1.54) is 6.07 Å². The smallest absolute Gasteiger partial charge is 0.410 e. The second kappa shape index (κ2) is 10.5. The van der Waals surface area contributed by atoms with Crippen LogP contribution in [0.4, 0.5) is 9.18 Å². The van der Waals surface area contributed by atoms with E-state index in [1.807, 2.05) is 26.8 Å². The molecule has 0 aromatic heterocycles. The Labute approximate surface area is 179 Å². The molecule has 2 rings (SSSR count). The van der Waals surface area contributed by atoms with Crippen molar-refractivity contribution in [3.05, 3.63) is 35.6 Å². The van der Waals surface area contributed by atoms with Crippen LogP contribution in [0.15, 0.2) is 24.3 Å². The Hall–Kier alpha value is -1.71. The molecule has 0 aliphatic carbocycles. The molecule has 7 nitrogen and oxygen atoms in total. The molecule has 170 valence electrons. The molecule has 1 amide bonds. The highest BCUT2D eigenvalue weighted by atomic mass is 32.2. The van der Waals surface area contributed by atoms with Gasteiger partial charge in [0.25, 0.3) is 0 Å². The largest absolute Gasteiger partial charge is 0.444 e. The Morgan fingerprint density at radius 2 is 1.80 bits per heavy atom. The SMILES string of the molecule is CC(C)(C)OC(=O)N1CCN(C(CCCCNS(C)(=O)=O)c2ccccc2F)CC1. The van der Waals surface area contributed by atoms with Crippen LogP contribution in [-0.4, -0.2) is 68.9 Å². The Kier molecular flexibility index (Phi) is 8.63. The molecule has 30 heavy (non-hydrogen) atoms. The van der Waals surface area contributed by atoms with Crippen molar-refractivity contribution in [2.24, 2.45) is 0 Å². The van der Waals surface area contributed by atoms with E-state index in [9.17, 15) is 17.6 Å². The van der Waals surface area contributed by atoms with Gasteiger partial charge in [-0.15, -0.1) is 0 Å². The molecule has 0 saturated carbocycles. The van der Waals surface area contributed by atoms with Crippen molar-refractivity contribution >= 4 is 16.1 Å². The fraction of sp³-hybridized carbons (Fsp3) is 0.667. The molecule has 1 aromatic rings. The summed E-state index contributed by atoms with van der Waals surface area (Å²) in [4.78, 5) is 16.2. The minimum absolute atomic E-state index is 0.120. The molecule has 1 N–H and O–H groups in total. The van der Waals surface area contributed by atoms with Gasteiger partial charge in [-0.25, -0.2) is 22.3 Å². The average Bonchev–Trinajstić information content (AvgIpc) is 2.63.